The van der Waals surface area contributed by atoms with Crippen LogP contribution in [0.5, 0.6) is 0 Å². The Kier molecular flexibility index (Phi) is 8.52. The van der Waals surface area contributed by atoms with E-state index in [4.69, 9.17) is 39.9 Å². The molecule has 0 saturated heterocycles. The van der Waals surface area contributed by atoms with Gasteiger partial charge in [-0.15, -0.1) is 0 Å². The number of hydrogen-bond acceptors (Lipinski definition) is 3. The minimum absolute atomic E-state index is 0.114. The van der Waals surface area contributed by atoms with Crippen molar-refractivity contribution < 1.29 is 9.59 Å². The molecule has 0 bridgehead atoms. The van der Waals surface area contributed by atoms with Gasteiger partial charge in [0.1, 0.15) is 12.4 Å². The summed E-state index contributed by atoms with van der Waals surface area (Å²) in [5.74, 6) is 0.0727. The van der Waals surface area contributed by atoms with Gasteiger partial charge >= 0.3 is 0 Å². The first-order valence-corrected chi connectivity index (χ1v) is 12.4. The first-order valence-electron chi connectivity index (χ1n) is 11.3. The summed E-state index contributed by atoms with van der Waals surface area (Å²) in [7, 11) is 0. The summed E-state index contributed by atoms with van der Waals surface area (Å²) in [6.07, 6.45) is 0. The second-order valence-corrected chi connectivity index (χ2v) is 11.1. The topological polar surface area (TPSA) is 67.2 Å². The number of hydrogen-bond donors (Lipinski definition) is 1. The van der Waals surface area contributed by atoms with Gasteiger partial charge in [-0.1, -0.05) is 69.4 Å². The van der Waals surface area contributed by atoms with E-state index >= 15 is 0 Å². The molecule has 1 heterocycles. The van der Waals surface area contributed by atoms with Gasteiger partial charge in [-0.05, 0) is 48.4 Å². The maximum atomic E-state index is 13.1. The van der Waals surface area contributed by atoms with Crippen molar-refractivity contribution in [1.29, 1.82) is 0 Å². The van der Waals surface area contributed by atoms with Crippen LogP contribution in [0.25, 0.3) is 5.69 Å². The molecular weight excluding hydrogens is 507 g/mol. The third-order valence-electron chi connectivity index (χ3n) is 5.19. The number of carbonyl (C=O) groups is 2. The van der Waals surface area contributed by atoms with E-state index in [1.165, 1.54) is 4.90 Å². The average Bonchev–Trinajstić information content (AvgIpc) is 3.19. The zero-order valence-electron chi connectivity index (χ0n) is 20.4. The maximum absolute atomic E-state index is 13.1. The molecular formula is C26H29Cl3N4O2. The third-order valence-corrected chi connectivity index (χ3v) is 6.18. The molecule has 3 aromatic rings. The second kappa shape index (κ2) is 11.0. The Bertz CT molecular complexity index is 1210. The number of nitrogens with zero attached hydrogens (tertiary/aromatic N) is 3. The van der Waals surface area contributed by atoms with Crippen LogP contribution >= 0.6 is 34.8 Å². The van der Waals surface area contributed by atoms with Gasteiger partial charge in [0.05, 0.1) is 21.4 Å². The van der Waals surface area contributed by atoms with Crippen molar-refractivity contribution in [2.45, 2.75) is 40.0 Å². The summed E-state index contributed by atoms with van der Waals surface area (Å²) in [6.45, 7) is 10.4. The Balaban J connectivity index is 1.89. The minimum Gasteiger partial charge on any atom is -0.329 e. The van der Waals surface area contributed by atoms with E-state index in [9.17, 15) is 9.59 Å². The predicted molar refractivity (Wildman–Crippen MR) is 143 cm³/mol. The number of rotatable bonds is 7. The number of aromatic nitrogens is 2. The summed E-state index contributed by atoms with van der Waals surface area (Å²) in [5, 5.41) is 8.97. The van der Waals surface area contributed by atoms with E-state index in [0.29, 0.717) is 38.7 Å². The van der Waals surface area contributed by atoms with Crippen LogP contribution in [0.3, 0.4) is 0 Å². The van der Waals surface area contributed by atoms with Crippen LogP contribution in [-0.2, 0) is 10.2 Å². The third kappa shape index (κ3) is 7.00. The molecule has 0 spiro atoms. The number of carbonyl (C=O) groups excluding carboxylic acids is 2. The highest BCUT2D eigenvalue weighted by Crippen LogP contribution is 2.29. The van der Waals surface area contributed by atoms with Crippen LogP contribution in [0.15, 0.2) is 48.5 Å². The molecule has 0 aliphatic carbocycles. The largest absolute Gasteiger partial charge is 0.329 e. The summed E-state index contributed by atoms with van der Waals surface area (Å²) >= 11 is 18.3. The number of nitrogens with one attached hydrogen (secondary N) is 1. The molecule has 9 heteroatoms. The van der Waals surface area contributed by atoms with Crippen LogP contribution in [-0.4, -0.2) is 39.6 Å². The summed E-state index contributed by atoms with van der Waals surface area (Å²) < 4.78 is 1.62. The fraction of sp³-hybridized carbons (Fsp3) is 0.346. The van der Waals surface area contributed by atoms with E-state index in [1.54, 1.807) is 47.1 Å². The van der Waals surface area contributed by atoms with Crippen molar-refractivity contribution >= 4 is 52.4 Å². The molecule has 0 aliphatic heterocycles. The lowest BCUT2D eigenvalue weighted by Gasteiger charge is -2.24. The van der Waals surface area contributed by atoms with Crippen molar-refractivity contribution in [2.24, 2.45) is 5.92 Å². The van der Waals surface area contributed by atoms with E-state index in [0.717, 1.165) is 5.69 Å². The molecule has 0 unspecified atom stereocenters. The Morgan fingerprint density at radius 3 is 2.23 bits per heavy atom. The molecule has 1 N–H and O–H groups in total. The van der Waals surface area contributed by atoms with Crippen LogP contribution in [0.1, 0.15) is 50.7 Å². The van der Waals surface area contributed by atoms with E-state index < -0.39 is 0 Å². The normalized spacial score (nSPS) is 11.6. The summed E-state index contributed by atoms with van der Waals surface area (Å²) in [6, 6.07) is 13.6. The minimum atomic E-state index is -0.338. The van der Waals surface area contributed by atoms with Crippen LogP contribution in [0.4, 0.5) is 5.82 Å². The molecule has 6 nitrogen and oxygen atoms in total. The lowest BCUT2D eigenvalue weighted by molar-refractivity contribution is -0.117. The number of benzene rings is 2. The summed E-state index contributed by atoms with van der Waals surface area (Å²) in [5.41, 5.74) is 1.66. The van der Waals surface area contributed by atoms with Crippen molar-refractivity contribution in [1.82, 2.24) is 14.7 Å². The Morgan fingerprint density at radius 1 is 1.00 bits per heavy atom. The Hall–Kier alpha value is -2.54. The van der Waals surface area contributed by atoms with E-state index in [-0.39, 0.29) is 29.7 Å². The van der Waals surface area contributed by atoms with Gasteiger partial charge in [-0.2, -0.15) is 5.10 Å². The quantitative estimate of drug-likeness (QED) is 0.359. The molecule has 0 atom stereocenters. The molecule has 186 valence electrons. The molecule has 0 saturated carbocycles. The number of amides is 2. The van der Waals surface area contributed by atoms with Crippen molar-refractivity contribution in [3.63, 3.8) is 0 Å². The SMILES string of the molecule is CC(C)CN(CC(=O)Nc1cc(C(C)(C)C)nn1-c1ccc(Cl)c(Cl)c1)C(=O)c1ccc(Cl)cc1. The van der Waals surface area contributed by atoms with E-state index in [2.05, 4.69) is 5.32 Å². The zero-order chi connectivity index (χ0) is 25.9. The molecule has 0 fully saturated rings. The second-order valence-electron chi connectivity index (χ2n) is 9.81. The number of anilines is 1. The lowest BCUT2D eigenvalue weighted by atomic mass is 9.92. The molecule has 0 aliphatic rings. The van der Waals surface area contributed by atoms with Crippen LogP contribution < -0.4 is 5.32 Å². The van der Waals surface area contributed by atoms with Gasteiger partial charge in [0.15, 0.2) is 0 Å². The van der Waals surface area contributed by atoms with Gasteiger partial charge < -0.3 is 10.2 Å². The predicted octanol–water partition coefficient (Wildman–Crippen LogP) is 6.87. The standard InChI is InChI=1S/C26H29Cl3N4O2/c1-16(2)14-32(25(35)17-6-8-18(27)9-7-17)15-24(34)30-23-13-22(26(3,4)5)31-33(23)19-10-11-20(28)21(29)12-19/h6-13,16H,14-15H2,1-5H3,(H,30,34). The monoisotopic (exact) mass is 534 g/mol. The highest BCUT2D eigenvalue weighted by atomic mass is 35.5. The molecule has 3 rings (SSSR count). The van der Waals surface area contributed by atoms with Gasteiger partial charge in [0.2, 0.25) is 5.91 Å². The Morgan fingerprint density at radius 2 is 1.66 bits per heavy atom. The van der Waals surface area contributed by atoms with E-state index in [1.807, 2.05) is 40.7 Å². The lowest BCUT2D eigenvalue weighted by Crippen LogP contribution is -2.40. The average molecular weight is 536 g/mol. The molecule has 1 aromatic heterocycles. The Labute approximate surface area is 221 Å². The molecule has 0 radical (unpaired) electrons. The van der Waals surface area contributed by atoms with Crippen molar-refractivity contribution in [3.8, 4) is 5.69 Å². The highest BCUT2D eigenvalue weighted by molar-refractivity contribution is 6.42. The molecule has 35 heavy (non-hydrogen) atoms. The maximum Gasteiger partial charge on any atom is 0.254 e. The highest BCUT2D eigenvalue weighted by Gasteiger charge is 2.24. The van der Waals surface area contributed by atoms with Crippen molar-refractivity contribution in [2.75, 3.05) is 18.4 Å². The van der Waals surface area contributed by atoms with Gasteiger partial charge in [-0.25, -0.2) is 4.68 Å². The molecule has 2 aromatic carbocycles. The van der Waals surface area contributed by atoms with Crippen molar-refractivity contribution in [3.05, 3.63) is 74.9 Å². The zero-order valence-corrected chi connectivity index (χ0v) is 22.7. The smallest absolute Gasteiger partial charge is 0.254 e. The first-order chi connectivity index (χ1) is 16.3. The number of halogens is 3. The summed E-state index contributed by atoms with van der Waals surface area (Å²) in [4.78, 5) is 27.8. The first kappa shape index (κ1) is 27.1. The van der Waals surface area contributed by atoms with Gasteiger partial charge in [-0.3, -0.25) is 9.59 Å². The van der Waals surface area contributed by atoms with Crippen LogP contribution in [0, 0.1) is 5.92 Å². The van der Waals surface area contributed by atoms with Crippen LogP contribution in [0.2, 0.25) is 15.1 Å². The van der Waals surface area contributed by atoms with Gasteiger partial charge in [0.25, 0.3) is 5.91 Å². The van der Waals surface area contributed by atoms with Gasteiger partial charge in [0, 0.05) is 28.6 Å². The fourth-order valence-electron chi connectivity index (χ4n) is 3.44. The molecule has 2 amide bonds. The fourth-order valence-corrected chi connectivity index (χ4v) is 3.86.